The van der Waals surface area contributed by atoms with Crippen LogP contribution < -0.4 is 0 Å². The standard InChI is InChI=1S/C10H18O.B/c1-9(2)7-4-5-10(9,3)8(11)6-7;/h7-8,11H,4-6H2,1-3H3;. The highest BCUT2D eigenvalue weighted by atomic mass is 16.3. The van der Waals surface area contributed by atoms with Crippen molar-refractivity contribution >= 4 is 8.41 Å². The Morgan fingerprint density at radius 2 is 1.83 bits per heavy atom. The van der Waals surface area contributed by atoms with Gasteiger partial charge >= 0.3 is 0 Å². The van der Waals surface area contributed by atoms with Gasteiger partial charge in [0.05, 0.1) is 6.10 Å². The molecule has 0 amide bonds. The third-order valence-corrected chi connectivity index (χ3v) is 4.75. The second kappa shape index (κ2) is 2.51. The fourth-order valence-electron chi connectivity index (χ4n) is 3.16. The van der Waals surface area contributed by atoms with Crippen LogP contribution >= 0.6 is 0 Å². The smallest absolute Gasteiger partial charge is 0.0601 e. The van der Waals surface area contributed by atoms with Gasteiger partial charge in [-0.25, -0.2) is 0 Å². The van der Waals surface area contributed by atoms with E-state index in [1.165, 1.54) is 12.8 Å². The van der Waals surface area contributed by atoms with Crippen molar-refractivity contribution in [3.63, 3.8) is 0 Å². The second-order valence-corrected chi connectivity index (χ2v) is 5.13. The minimum absolute atomic E-state index is 0. The maximum absolute atomic E-state index is 9.81. The van der Waals surface area contributed by atoms with E-state index >= 15 is 0 Å². The van der Waals surface area contributed by atoms with E-state index < -0.39 is 0 Å². The van der Waals surface area contributed by atoms with Gasteiger partial charge in [0.25, 0.3) is 0 Å². The summed E-state index contributed by atoms with van der Waals surface area (Å²) >= 11 is 0. The summed E-state index contributed by atoms with van der Waals surface area (Å²) in [6.07, 6.45) is 3.58. The Labute approximate surface area is 77.1 Å². The molecule has 0 heterocycles. The first-order valence-electron chi connectivity index (χ1n) is 4.66. The summed E-state index contributed by atoms with van der Waals surface area (Å²) in [5.74, 6) is 0.780. The molecule has 1 N–H and O–H groups in total. The molecule has 12 heavy (non-hydrogen) atoms. The molecule has 3 radical (unpaired) electrons. The first-order valence-corrected chi connectivity index (χ1v) is 4.66. The van der Waals surface area contributed by atoms with Crippen molar-refractivity contribution in [2.75, 3.05) is 0 Å². The molecule has 2 aliphatic rings. The lowest BCUT2D eigenvalue weighted by molar-refractivity contribution is 0.0126. The summed E-state index contributed by atoms with van der Waals surface area (Å²) in [7, 11) is 0. The fourth-order valence-corrected chi connectivity index (χ4v) is 3.16. The third-order valence-electron chi connectivity index (χ3n) is 4.75. The van der Waals surface area contributed by atoms with Crippen LogP contribution in [-0.2, 0) is 0 Å². The summed E-state index contributed by atoms with van der Waals surface area (Å²) in [6.45, 7) is 6.90. The van der Waals surface area contributed by atoms with Crippen LogP contribution in [0, 0.1) is 16.7 Å². The van der Waals surface area contributed by atoms with Gasteiger partial charge in [-0.1, -0.05) is 20.8 Å². The Hall–Kier alpha value is 0.0249. The van der Waals surface area contributed by atoms with E-state index in [0.717, 1.165) is 12.3 Å². The van der Waals surface area contributed by atoms with E-state index in [1.54, 1.807) is 0 Å². The van der Waals surface area contributed by atoms with E-state index in [4.69, 9.17) is 0 Å². The molecule has 0 spiro atoms. The number of aliphatic hydroxyl groups is 1. The Morgan fingerprint density at radius 1 is 1.25 bits per heavy atom. The zero-order chi connectivity index (χ0) is 8.28. The molecule has 0 aliphatic heterocycles. The van der Waals surface area contributed by atoms with E-state index in [1.807, 2.05) is 0 Å². The molecule has 2 aliphatic carbocycles. The quantitative estimate of drug-likeness (QED) is 0.542. The summed E-state index contributed by atoms with van der Waals surface area (Å²) in [5.41, 5.74) is 0.601. The number of hydrogen-bond acceptors (Lipinski definition) is 1. The number of aliphatic hydroxyl groups excluding tert-OH is 1. The van der Waals surface area contributed by atoms with E-state index in [0.29, 0.717) is 5.41 Å². The van der Waals surface area contributed by atoms with Crippen LogP contribution in [0.3, 0.4) is 0 Å². The molecule has 0 aromatic rings. The Balaban J connectivity index is 0.000000720. The maximum Gasteiger partial charge on any atom is 0.0601 e. The van der Waals surface area contributed by atoms with Crippen LogP contribution in [-0.4, -0.2) is 19.6 Å². The van der Waals surface area contributed by atoms with Crippen molar-refractivity contribution in [3.05, 3.63) is 0 Å². The van der Waals surface area contributed by atoms with E-state index in [9.17, 15) is 5.11 Å². The van der Waals surface area contributed by atoms with E-state index in [2.05, 4.69) is 20.8 Å². The molecular weight excluding hydrogens is 147 g/mol. The van der Waals surface area contributed by atoms with E-state index in [-0.39, 0.29) is 19.9 Å². The summed E-state index contributed by atoms with van der Waals surface area (Å²) in [4.78, 5) is 0. The summed E-state index contributed by atoms with van der Waals surface area (Å²) < 4.78 is 0. The minimum atomic E-state index is -0.0313. The molecule has 67 valence electrons. The summed E-state index contributed by atoms with van der Waals surface area (Å²) in [6, 6.07) is 0. The largest absolute Gasteiger partial charge is 0.393 e. The Bertz CT molecular complexity index is 190. The highest BCUT2D eigenvalue weighted by molar-refractivity contribution is 5.75. The number of hydrogen-bond donors (Lipinski definition) is 1. The first kappa shape index (κ1) is 10.1. The SMILES string of the molecule is CC1(C)C2CCC1(C)C(O)C2.[B]. The molecule has 2 saturated carbocycles. The second-order valence-electron chi connectivity index (χ2n) is 5.13. The van der Waals surface area contributed by atoms with Crippen molar-refractivity contribution in [2.24, 2.45) is 16.7 Å². The zero-order valence-corrected chi connectivity index (χ0v) is 8.30. The molecule has 0 saturated heterocycles. The first-order chi connectivity index (χ1) is 4.98. The third kappa shape index (κ3) is 0.848. The van der Waals surface area contributed by atoms with Gasteiger partial charge in [0.15, 0.2) is 0 Å². The monoisotopic (exact) mass is 165 g/mol. The van der Waals surface area contributed by atoms with Crippen molar-refractivity contribution in [2.45, 2.75) is 46.1 Å². The van der Waals surface area contributed by atoms with Gasteiger partial charge < -0.3 is 5.11 Å². The van der Waals surface area contributed by atoms with Crippen molar-refractivity contribution in [1.82, 2.24) is 0 Å². The number of rotatable bonds is 0. The van der Waals surface area contributed by atoms with Crippen LogP contribution in [0.4, 0.5) is 0 Å². The van der Waals surface area contributed by atoms with Crippen molar-refractivity contribution in [1.29, 1.82) is 0 Å². The van der Waals surface area contributed by atoms with Gasteiger partial charge in [-0.3, -0.25) is 0 Å². The van der Waals surface area contributed by atoms with Crippen LogP contribution in [0.2, 0.25) is 0 Å². The predicted octanol–water partition coefficient (Wildman–Crippen LogP) is 1.81. The van der Waals surface area contributed by atoms with Crippen molar-refractivity contribution in [3.8, 4) is 0 Å². The van der Waals surface area contributed by atoms with Gasteiger partial charge in [0, 0.05) is 8.41 Å². The summed E-state index contributed by atoms with van der Waals surface area (Å²) in [5, 5.41) is 9.81. The lowest BCUT2D eigenvalue weighted by Gasteiger charge is -2.36. The molecule has 2 rings (SSSR count). The highest BCUT2D eigenvalue weighted by Gasteiger charge is 2.60. The molecular formula is C10H18BO. The van der Waals surface area contributed by atoms with Gasteiger partial charge in [0.2, 0.25) is 0 Å². The van der Waals surface area contributed by atoms with Gasteiger partial charge in [0.1, 0.15) is 0 Å². The molecule has 2 heteroatoms. The topological polar surface area (TPSA) is 20.2 Å². The molecule has 3 unspecified atom stereocenters. The highest BCUT2D eigenvalue weighted by Crippen LogP contribution is 2.65. The average molecular weight is 165 g/mol. The molecule has 1 nitrogen and oxygen atoms in total. The van der Waals surface area contributed by atoms with Gasteiger partial charge in [-0.15, -0.1) is 0 Å². The molecule has 2 bridgehead atoms. The van der Waals surface area contributed by atoms with Crippen molar-refractivity contribution < 1.29 is 5.11 Å². The Kier molecular flexibility index (Phi) is 2.11. The van der Waals surface area contributed by atoms with Gasteiger partial charge in [-0.2, -0.15) is 0 Å². The fraction of sp³-hybridized carbons (Fsp3) is 1.00. The molecule has 0 aromatic heterocycles. The van der Waals surface area contributed by atoms with Gasteiger partial charge in [-0.05, 0) is 36.0 Å². The normalized spacial score (nSPS) is 49.0. The van der Waals surface area contributed by atoms with Crippen LogP contribution in [0.25, 0.3) is 0 Å². The van der Waals surface area contributed by atoms with Crippen LogP contribution in [0.1, 0.15) is 40.0 Å². The lowest BCUT2D eigenvalue weighted by atomic mass is 9.70. The average Bonchev–Trinajstić information content (AvgIpc) is 2.20. The van der Waals surface area contributed by atoms with Crippen LogP contribution in [0.15, 0.2) is 0 Å². The maximum atomic E-state index is 9.81. The molecule has 2 fully saturated rings. The predicted molar refractivity (Wildman–Crippen MR) is 51.0 cm³/mol. The molecule has 3 atom stereocenters. The molecule has 0 aromatic carbocycles. The lowest BCUT2D eigenvalue weighted by Crippen LogP contribution is -2.35. The zero-order valence-electron chi connectivity index (χ0n) is 8.30. The van der Waals surface area contributed by atoms with Crippen LogP contribution in [0.5, 0.6) is 0 Å². The number of fused-ring (bicyclic) bond motifs is 2. The Morgan fingerprint density at radius 3 is 2.00 bits per heavy atom. The minimum Gasteiger partial charge on any atom is -0.393 e.